The first-order valence-electron chi connectivity index (χ1n) is 11.7. The average Bonchev–Trinajstić information content (AvgIpc) is 3.52. The van der Waals surface area contributed by atoms with E-state index in [4.69, 9.17) is 16.3 Å². The number of carboxylic acid groups (broad SMARTS) is 1. The van der Waals surface area contributed by atoms with Crippen LogP contribution in [0.2, 0.25) is 5.02 Å². The minimum absolute atomic E-state index is 0.0635. The van der Waals surface area contributed by atoms with Gasteiger partial charge >= 0.3 is 5.97 Å². The van der Waals surface area contributed by atoms with E-state index in [1.54, 1.807) is 36.5 Å². The van der Waals surface area contributed by atoms with Crippen molar-refractivity contribution in [2.75, 3.05) is 19.1 Å². The van der Waals surface area contributed by atoms with Gasteiger partial charge in [-0.15, -0.1) is 0 Å². The molecule has 36 heavy (non-hydrogen) atoms. The molecule has 1 fully saturated rings. The van der Waals surface area contributed by atoms with Crippen molar-refractivity contribution in [1.29, 1.82) is 0 Å². The van der Waals surface area contributed by atoms with Crippen molar-refractivity contribution in [2.24, 2.45) is 11.8 Å². The van der Waals surface area contributed by atoms with E-state index in [0.717, 1.165) is 42.6 Å². The van der Waals surface area contributed by atoms with Gasteiger partial charge in [0.1, 0.15) is 5.69 Å². The molecule has 190 valence electrons. The molecule has 10 heteroatoms. The summed E-state index contributed by atoms with van der Waals surface area (Å²) in [4.78, 5) is 34.7. The fourth-order valence-corrected chi connectivity index (χ4v) is 5.67. The molecular formula is C26H27ClFN3O4S. The molecule has 1 aromatic carbocycles. The fraction of sp³-hybridized carbons (Fsp3) is 0.385. The molecule has 1 N–H and O–H groups in total. The summed E-state index contributed by atoms with van der Waals surface area (Å²) in [6, 6.07) is 8.59. The smallest absolute Gasteiger partial charge is 0.304 e. The number of halogens is 2. The Morgan fingerprint density at radius 3 is 2.64 bits per heavy atom. The van der Waals surface area contributed by atoms with Crippen molar-refractivity contribution < 1.29 is 23.8 Å². The van der Waals surface area contributed by atoms with Crippen LogP contribution in [0.4, 0.5) is 9.52 Å². The molecule has 2 heterocycles. The third-order valence-electron chi connectivity index (χ3n) is 6.55. The monoisotopic (exact) mass is 531 g/mol. The van der Waals surface area contributed by atoms with Crippen LogP contribution < -0.4 is 9.64 Å². The molecule has 0 unspecified atom stereocenters. The second-order valence-electron chi connectivity index (χ2n) is 8.98. The maximum absolute atomic E-state index is 15.2. The van der Waals surface area contributed by atoms with Crippen LogP contribution in [0.25, 0.3) is 22.4 Å². The number of pyridine rings is 1. The topological polar surface area (TPSA) is 92.6 Å². The van der Waals surface area contributed by atoms with Gasteiger partial charge in [-0.05, 0) is 36.1 Å². The summed E-state index contributed by atoms with van der Waals surface area (Å²) in [7, 11) is 3.04. The summed E-state index contributed by atoms with van der Waals surface area (Å²) >= 11 is 6.98. The van der Waals surface area contributed by atoms with Crippen molar-refractivity contribution in [2.45, 2.75) is 38.5 Å². The second-order valence-corrected chi connectivity index (χ2v) is 10.3. The lowest BCUT2D eigenvalue weighted by atomic mass is 9.90. The molecule has 1 amide bonds. The molecule has 3 aromatic rings. The van der Waals surface area contributed by atoms with Gasteiger partial charge in [0.25, 0.3) is 0 Å². The minimum atomic E-state index is -1.03. The van der Waals surface area contributed by atoms with Gasteiger partial charge in [-0.3, -0.25) is 14.5 Å². The molecule has 1 aliphatic carbocycles. The van der Waals surface area contributed by atoms with E-state index in [9.17, 15) is 14.7 Å². The maximum Gasteiger partial charge on any atom is 0.304 e. The van der Waals surface area contributed by atoms with Gasteiger partial charge in [0.05, 0.1) is 13.5 Å². The number of benzene rings is 1. The van der Waals surface area contributed by atoms with Crippen LogP contribution in [0.5, 0.6) is 5.88 Å². The van der Waals surface area contributed by atoms with Crippen molar-refractivity contribution in [3.05, 3.63) is 46.7 Å². The third kappa shape index (κ3) is 5.84. The van der Waals surface area contributed by atoms with Gasteiger partial charge < -0.3 is 9.84 Å². The summed E-state index contributed by atoms with van der Waals surface area (Å²) < 4.78 is 20.4. The molecule has 1 aliphatic rings. The standard InChI is InChI=1S/C26H27ClFN3O4S/c1-31(25(34)17(12-22(32)33)11-15-5-3-4-6-15)26-30-23(24(28)36-26)20-13-18(27)8-9-19(20)16-7-10-21(35-2)29-14-16/h7-10,13-15,17H,3-6,11-12H2,1-2H3,(H,32,33)/t17-/m1/s1. The Morgan fingerprint density at radius 1 is 1.25 bits per heavy atom. The van der Waals surface area contributed by atoms with Gasteiger partial charge in [0.15, 0.2) is 5.13 Å². The van der Waals surface area contributed by atoms with Crippen LogP contribution in [0.15, 0.2) is 36.5 Å². The Morgan fingerprint density at radius 2 is 2.00 bits per heavy atom. The Kier molecular flexibility index (Phi) is 8.21. The lowest BCUT2D eigenvalue weighted by Crippen LogP contribution is -2.35. The van der Waals surface area contributed by atoms with Gasteiger partial charge in [-0.1, -0.05) is 54.7 Å². The van der Waals surface area contributed by atoms with Crippen LogP contribution >= 0.6 is 22.9 Å². The number of hydrogen-bond acceptors (Lipinski definition) is 6. The Balaban J connectivity index is 1.64. The largest absolute Gasteiger partial charge is 0.481 e. The predicted octanol–water partition coefficient (Wildman–Crippen LogP) is 6.31. The molecule has 0 aliphatic heterocycles. The van der Waals surface area contributed by atoms with E-state index in [0.29, 0.717) is 34.4 Å². The van der Waals surface area contributed by atoms with E-state index in [2.05, 4.69) is 9.97 Å². The summed E-state index contributed by atoms with van der Waals surface area (Å²) in [5, 5.41) is 9.38. The Bertz CT molecular complexity index is 1240. The second kappa shape index (κ2) is 11.3. The summed E-state index contributed by atoms with van der Waals surface area (Å²) in [5.41, 5.74) is 1.92. The number of hydrogen-bond donors (Lipinski definition) is 1. The van der Waals surface area contributed by atoms with Crippen LogP contribution in [-0.2, 0) is 9.59 Å². The summed E-state index contributed by atoms with van der Waals surface area (Å²) in [5.74, 6) is -1.29. The lowest BCUT2D eigenvalue weighted by Gasteiger charge is -2.23. The molecular weight excluding hydrogens is 505 g/mol. The Hall–Kier alpha value is -3.04. The van der Waals surface area contributed by atoms with Crippen LogP contribution in [0.3, 0.4) is 0 Å². The zero-order valence-corrected chi connectivity index (χ0v) is 21.6. The van der Waals surface area contributed by atoms with Crippen molar-refractivity contribution in [3.63, 3.8) is 0 Å². The molecule has 7 nitrogen and oxygen atoms in total. The number of aromatic nitrogens is 2. The predicted molar refractivity (Wildman–Crippen MR) is 138 cm³/mol. The number of carbonyl (C=O) groups excluding carboxylic acids is 1. The first-order chi connectivity index (χ1) is 17.3. The van der Waals surface area contributed by atoms with E-state index in [1.165, 1.54) is 19.1 Å². The zero-order chi connectivity index (χ0) is 25.8. The number of amides is 1. The van der Waals surface area contributed by atoms with E-state index >= 15 is 4.39 Å². The number of nitrogens with zero attached hydrogens (tertiary/aromatic N) is 3. The van der Waals surface area contributed by atoms with E-state index in [1.807, 2.05) is 0 Å². The third-order valence-corrected chi connectivity index (χ3v) is 7.70. The molecule has 0 bridgehead atoms. The molecule has 0 radical (unpaired) electrons. The lowest BCUT2D eigenvalue weighted by molar-refractivity contribution is -0.140. The van der Waals surface area contributed by atoms with Gasteiger partial charge in [-0.25, -0.2) is 9.97 Å². The molecule has 4 rings (SSSR count). The minimum Gasteiger partial charge on any atom is -0.481 e. The fourth-order valence-electron chi connectivity index (χ4n) is 4.72. The highest BCUT2D eigenvalue weighted by atomic mass is 35.5. The average molecular weight is 532 g/mol. The molecule has 1 saturated carbocycles. The highest BCUT2D eigenvalue weighted by Gasteiger charge is 2.31. The maximum atomic E-state index is 15.2. The number of carboxylic acids is 1. The quantitative estimate of drug-likeness (QED) is 0.348. The first kappa shape index (κ1) is 26.0. The summed E-state index contributed by atoms with van der Waals surface area (Å²) in [6.45, 7) is 0. The van der Waals surface area contributed by atoms with Crippen molar-refractivity contribution in [1.82, 2.24) is 9.97 Å². The van der Waals surface area contributed by atoms with Crippen LogP contribution in [0, 0.1) is 17.0 Å². The van der Waals surface area contributed by atoms with Crippen LogP contribution in [-0.4, -0.2) is 41.1 Å². The molecule has 1 atom stereocenters. The van der Waals surface area contributed by atoms with Gasteiger partial charge in [0.2, 0.25) is 16.9 Å². The van der Waals surface area contributed by atoms with Crippen molar-refractivity contribution >= 4 is 39.9 Å². The zero-order valence-electron chi connectivity index (χ0n) is 20.0. The number of rotatable bonds is 9. The van der Waals surface area contributed by atoms with Crippen molar-refractivity contribution in [3.8, 4) is 28.3 Å². The normalized spacial score (nSPS) is 14.6. The van der Waals surface area contributed by atoms with E-state index in [-0.39, 0.29) is 23.2 Å². The number of ether oxygens (including phenoxy) is 1. The number of methoxy groups -OCH3 is 1. The molecule has 2 aromatic heterocycles. The molecule has 0 spiro atoms. The van der Waals surface area contributed by atoms with Gasteiger partial charge in [-0.2, -0.15) is 4.39 Å². The number of thiazole rings is 1. The Labute approximate surface area is 217 Å². The van der Waals surface area contributed by atoms with Gasteiger partial charge in [0, 0.05) is 41.4 Å². The number of anilines is 1. The number of aliphatic carboxylic acids is 1. The first-order valence-corrected chi connectivity index (χ1v) is 12.9. The van der Waals surface area contributed by atoms with E-state index < -0.39 is 17.0 Å². The number of carbonyl (C=O) groups is 2. The van der Waals surface area contributed by atoms with Crippen LogP contribution in [0.1, 0.15) is 38.5 Å². The SMILES string of the molecule is COc1ccc(-c2ccc(Cl)cc2-c2nc(N(C)C(=O)[C@@H](CC(=O)O)CC3CCCC3)sc2F)cn1. The highest BCUT2D eigenvalue weighted by molar-refractivity contribution is 7.14. The highest BCUT2D eigenvalue weighted by Crippen LogP contribution is 2.39. The molecule has 0 saturated heterocycles. The summed E-state index contributed by atoms with van der Waals surface area (Å²) in [6.07, 6.45) is 6.07.